The summed E-state index contributed by atoms with van der Waals surface area (Å²) in [5.74, 6) is -1.59. The van der Waals surface area contributed by atoms with Crippen LogP contribution in [0.3, 0.4) is 0 Å². The molecule has 2 amide bonds. The first-order chi connectivity index (χ1) is 20.4. The molecule has 3 aromatic rings. The molecule has 0 heterocycles. The Balaban J connectivity index is 1.23. The Morgan fingerprint density at radius 3 is 2.21 bits per heavy atom. The zero-order valence-corrected chi connectivity index (χ0v) is 23.8. The number of carboxylic acids is 1. The largest absolute Gasteiger partial charge is 0.481 e. The quantitative estimate of drug-likeness (QED) is 0.280. The van der Waals surface area contributed by atoms with E-state index in [-0.39, 0.29) is 36.9 Å². The van der Waals surface area contributed by atoms with Crippen molar-refractivity contribution in [2.45, 2.75) is 57.3 Å². The molecule has 1 saturated carbocycles. The number of aliphatic carboxylic acids is 1. The Labute approximate surface area is 246 Å². The van der Waals surface area contributed by atoms with Crippen molar-refractivity contribution in [2.75, 3.05) is 13.2 Å². The van der Waals surface area contributed by atoms with Crippen molar-refractivity contribution in [2.24, 2.45) is 11.8 Å². The lowest BCUT2D eigenvalue weighted by Crippen LogP contribution is -2.54. The molecule has 8 nitrogen and oxygen atoms in total. The molecule has 0 bridgehead atoms. The minimum Gasteiger partial charge on any atom is -0.481 e. The Hall–Kier alpha value is -4.17. The summed E-state index contributed by atoms with van der Waals surface area (Å²) >= 11 is 0. The predicted octanol–water partition coefficient (Wildman–Crippen LogP) is 5.51. The van der Waals surface area contributed by atoms with Gasteiger partial charge in [0.1, 0.15) is 12.6 Å². The topological polar surface area (TPSA) is 114 Å². The maximum absolute atomic E-state index is 13.4. The smallest absolute Gasteiger partial charge is 0.407 e. The van der Waals surface area contributed by atoms with Gasteiger partial charge in [-0.05, 0) is 59.9 Å². The van der Waals surface area contributed by atoms with Gasteiger partial charge in [0.25, 0.3) is 0 Å². The molecular weight excluding hydrogens is 532 g/mol. The molecule has 3 N–H and O–H groups in total. The number of ether oxygens (including phenoxy) is 2. The van der Waals surface area contributed by atoms with Crippen LogP contribution in [0.1, 0.15) is 55.2 Å². The summed E-state index contributed by atoms with van der Waals surface area (Å²) in [6.45, 7) is 2.50. The summed E-state index contributed by atoms with van der Waals surface area (Å²) in [7, 11) is 0. The van der Waals surface area contributed by atoms with Crippen molar-refractivity contribution in [3.63, 3.8) is 0 Å². The van der Waals surface area contributed by atoms with Gasteiger partial charge in [-0.15, -0.1) is 0 Å². The van der Waals surface area contributed by atoms with E-state index in [2.05, 4.69) is 34.9 Å². The Bertz CT molecular complexity index is 1350. The number of benzene rings is 3. The van der Waals surface area contributed by atoms with Gasteiger partial charge in [0, 0.05) is 12.5 Å². The van der Waals surface area contributed by atoms with Gasteiger partial charge in [-0.25, -0.2) is 4.79 Å². The highest BCUT2D eigenvalue weighted by Gasteiger charge is 2.33. The number of carbonyl (C=O) groups excluding carboxylic acids is 2. The van der Waals surface area contributed by atoms with E-state index in [1.165, 1.54) is 0 Å². The van der Waals surface area contributed by atoms with Gasteiger partial charge in [-0.1, -0.05) is 85.3 Å². The molecule has 0 aromatic heterocycles. The van der Waals surface area contributed by atoms with E-state index >= 15 is 0 Å². The third kappa shape index (κ3) is 6.99. The molecule has 0 aliphatic heterocycles. The van der Waals surface area contributed by atoms with Gasteiger partial charge in [-0.3, -0.25) is 9.59 Å². The van der Waals surface area contributed by atoms with Crippen LogP contribution < -0.4 is 10.6 Å². The third-order valence-electron chi connectivity index (χ3n) is 8.42. The zero-order chi connectivity index (χ0) is 29.5. The molecular formula is C34H38N2O6. The number of alkyl carbamates (subject to hydrolysis) is 1. The molecule has 1 fully saturated rings. The number of fused-ring (bicyclic) bond motifs is 3. The van der Waals surface area contributed by atoms with Crippen molar-refractivity contribution >= 4 is 18.0 Å². The molecule has 220 valence electrons. The lowest BCUT2D eigenvalue weighted by Gasteiger charge is -2.29. The predicted molar refractivity (Wildman–Crippen MR) is 159 cm³/mol. The van der Waals surface area contributed by atoms with Crippen molar-refractivity contribution in [1.29, 1.82) is 0 Å². The molecule has 2 aliphatic rings. The average Bonchev–Trinajstić information content (AvgIpc) is 3.34. The first-order valence-corrected chi connectivity index (χ1v) is 14.7. The van der Waals surface area contributed by atoms with Crippen molar-refractivity contribution < 1.29 is 29.0 Å². The summed E-state index contributed by atoms with van der Waals surface area (Å²) in [5.41, 5.74) is 5.43. The third-order valence-corrected chi connectivity index (χ3v) is 8.42. The van der Waals surface area contributed by atoms with Crippen LogP contribution in [0.5, 0.6) is 0 Å². The maximum atomic E-state index is 13.4. The number of rotatable bonds is 11. The summed E-state index contributed by atoms with van der Waals surface area (Å²) < 4.78 is 11.7. The SMILES string of the molecule is C[C@H](OCc1ccccc1)[C@@H](NC(=O)OCC1c2ccccc2-c2ccccc21)C(=O)NCC1CCCC(C(=O)O)C1. The number of carboxylic acid groups (broad SMARTS) is 1. The Kier molecular flexibility index (Phi) is 9.54. The average molecular weight is 571 g/mol. The second-order valence-electron chi connectivity index (χ2n) is 11.3. The van der Waals surface area contributed by atoms with Crippen LogP contribution in [0.25, 0.3) is 11.1 Å². The molecule has 42 heavy (non-hydrogen) atoms. The van der Waals surface area contributed by atoms with Crippen molar-refractivity contribution in [3.05, 3.63) is 95.6 Å². The minimum absolute atomic E-state index is 0.0689. The standard InChI is InChI=1S/C34H38N2O6/c1-22(41-20-23-10-3-2-4-11-23)31(32(37)35-19-24-12-9-13-25(18-24)33(38)39)36-34(40)42-21-30-28-16-7-5-14-26(28)27-15-6-8-17-29(27)30/h2-8,10-11,14-17,22,24-25,30-31H,9,12-13,18-21H2,1H3,(H,35,37)(H,36,40)(H,38,39)/t22-,24?,25?,31+/m0/s1. The number of hydrogen-bond acceptors (Lipinski definition) is 5. The highest BCUT2D eigenvalue weighted by molar-refractivity contribution is 5.86. The molecule has 5 rings (SSSR count). The fraction of sp³-hybridized carbons (Fsp3) is 0.382. The first-order valence-electron chi connectivity index (χ1n) is 14.7. The number of carbonyl (C=O) groups is 3. The fourth-order valence-corrected chi connectivity index (χ4v) is 6.12. The van der Waals surface area contributed by atoms with E-state index in [0.29, 0.717) is 19.4 Å². The van der Waals surface area contributed by atoms with Crippen LogP contribution in [0, 0.1) is 11.8 Å². The number of nitrogens with one attached hydrogen (secondary N) is 2. The van der Waals surface area contributed by atoms with Gasteiger partial charge in [0.05, 0.1) is 18.6 Å². The van der Waals surface area contributed by atoms with E-state index in [0.717, 1.165) is 40.7 Å². The van der Waals surface area contributed by atoms with Gasteiger partial charge in [0.2, 0.25) is 5.91 Å². The highest BCUT2D eigenvalue weighted by atomic mass is 16.5. The van der Waals surface area contributed by atoms with Crippen LogP contribution in [0.15, 0.2) is 78.9 Å². The van der Waals surface area contributed by atoms with E-state index in [4.69, 9.17) is 9.47 Å². The van der Waals surface area contributed by atoms with Crippen molar-refractivity contribution in [1.82, 2.24) is 10.6 Å². The summed E-state index contributed by atoms with van der Waals surface area (Å²) in [6.07, 6.45) is 1.51. The summed E-state index contributed by atoms with van der Waals surface area (Å²) in [4.78, 5) is 38.0. The van der Waals surface area contributed by atoms with Crippen LogP contribution in [0.2, 0.25) is 0 Å². The molecule has 8 heteroatoms. The Morgan fingerprint density at radius 1 is 0.905 bits per heavy atom. The molecule has 2 aliphatic carbocycles. The van der Waals surface area contributed by atoms with Crippen LogP contribution in [-0.4, -0.2) is 48.4 Å². The number of hydrogen-bond donors (Lipinski definition) is 3. The Morgan fingerprint density at radius 2 is 1.55 bits per heavy atom. The van der Waals surface area contributed by atoms with Crippen LogP contribution in [-0.2, 0) is 25.7 Å². The van der Waals surface area contributed by atoms with Gasteiger partial charge in [0.15, 0.2) is 0 Å². The van der Waals surface area contributed by atoms with Crippen LogP contribution in [0.4, 0.5) is 4.79 Å². The molecule has 3 aromatic carbocycles. The maximum Gasteiger partial charge on any atom is 0.407 e. The van der Waals surface area contributed by atoms with Crippen molar-refractivity contribution in [3.8, 4) is 11.1 Å². The van der Waals surface area contributed by atoms with E-state index < -0.39 is 24.2 Å². The lowest BCUT2D eigenvalue weighted by atomic mass is 9.81. The van der Waals surface area contributed by atoms with E-state index in [1.807, 2.05) is 54.6 Å². The molecule has 0 radical (unpaired) electrons. The highest BCUT2D eigenvalue weighted by Crippen LogP contribution is 2.44. The molecule has 0 saturated heterocycles. The lowest BCUT2D eigenvalue weighted by molar-refractivity contribution is -0.143. The first kappa shape index (κ1) is 29.3. The molecule has 2 unspecified atom stereocenters. The second kappa shape index (κ2) is 13.7. The monoisotopic (exact) mass is 570 g/mol. The van der Waals surface area contributed by atoms with Gasteiger partial charge < -0.3 is 25.2 Å². The second-order valence-corrected chi connectivity index (χ2v) is 11.3. The normalized spacial score (nSPS) is 19.2. The summed E-state index contributed by atoms with van der Waals surface area (Å²) in [5, 5.41) is 15.1. The van der Waals surface area contributed by atoms with E-state index in [1.54, 1.807) is 6.92 Å². The zero-order valence-electron chi connectivity index (χ0n) is 23.8. The van der Waals surface area contributed by atoms with Crippen LogP contribution >= 0.6 is 0 Å². The van der Waals surface area contributed by atoms with Gasteiger partial charge in [-0.2, -0.15) is 0 Å². The number of amides is 2. The van der Waals surface area contributed by atoms with E-state index in [9.17, 15) is 19.5 Å². The molecule has 4 atom stereocenters. The minimum atomic E-state index is -0.997. The summed E-state index contributed by atoms with van der Waals surface area (Å²) in [6, 6.07) is 24.8. The van der Waals surface area contributed by atoms with Gasteiger partial charge >= 0.3 is 12.1 Å². The molecule has 0 spiro atoms. The fourth-order valence-electron chi connectivity index (χ4n) is 6.12.